The fourth-order valence-corrected chi connectivity index (χ4v) is 2.40. The molecule has 2 aliphatic rings. The van der Waals surface area contributed by atoms with Crippen LogP contribution in [-0.4, -0.2) is 29.3 Å². The lowest BCUT2D eigenvalue weighted by Crippen LogP contribution is -2.38. The lowest BCUT2D eigenvalue weighted by atomic mass is 10.2. The third-order valence-corrected chi connectivity index (χ3v) is 3.39. The van der Waals surface area contributed by atoms with Crippen molar-refractivity contribution >= 4 is 11.7 Å². The molecule has 1 saturated carbocycles. The van der Waals surface area contributed by atoms with Gasteiger partial charge in [-0.25, -0.2) is 0 Å². The van der Waals surface area contributed by atoms with Gasteiger partial charge >= 0.3 is 6.36 Å². The number of nitrogens with one attached hydrogen (secondary N) is 2. The number of alkyl halides is 3. The first-order chi connectivity index (χ1) is 9.40. The van der Waals surface area contributed by atoms with Crippen LogP contribution in [0.4, 0.5) is 19.0 Å². The van der Waals surface area contributed by atoms with Crippen molar-refractivity contribution in [1.82, 2.24) is 10.3 Å². The summed E-state index contributed by atoms with van der Waals surface area (Å²) in [5.41, 5.74) is 0. The minimum Gasteiger partial charge on any atom is -0.388 e. The molecule has 2 heterocycles. The van der Waals surface area contributed by atoms with E-state index >= 15 is 0 Å². The number of anilines is 1. The molecule has 1 aliphatic heterocycles. The smallest absolute Gasteiger partial charge is 0.388 e. The number of amides is 1. The van der Waals surface area contributed by atoms with E-state index in [9.17, 15) is 18.0 Å². The van der Waals surface area contributed by atoms with Gasteiger partial charge in [0.05, 0.1) is 6.04 Å². The van der Waals surface area contributed by atoms with Gasteiger partial charge in [0.1, 0.15) is 5.82 Å². The van der Waals surface area contributed by atoms with Gasteiger partial charge in [-0.3, -0.25) is 4.79 Å². The lowest BCUT2D eigenvalue weighted by molar-refractivity contribution is -0.276. The topological polar surface area (TPSA) is 63.2 Å². The predicted octanol–water partition coefficient (Wildman–Crippen LogP) is 1.67. The number of fused-ring (bicyclic) bond motifs is 1. The minimum absolute atomic E-state index is 0.0409. The molecule has 1 aromatic rings. The fourth-order valence-electron chi connectivity index (χ4n) is 2.40. The molecule has 2 fully saturated rings. The highest BCUT2D eigenvalue weighted by Crippen LogP contribution is 2.40. The van der Waals surface area contributed by atoms with Crippen LogP contribution in [-0.2, 0) is 4.79 Å². The average Bonchev–Trinajstić information content (AvgIpc) is 2.94. The molecule has 5 nitrogen and oxygen atoms in total. The summed E-state index contributed by atoms with van der Waals surface area (Å²) in [5.74, 6) is -0.288. The molecule has 2 N–H and O–H groups in total. The van der Waals surface area contributed by atoms with E-state index in [0.29, 0.717) is 12.0 Å². The first kappa shape index (κ1) is 13.2. The van der Waals surface area contributed by atoms with Gasteiger partial charge in [-0.15, -0.1) is 13.2 Å². The molecule has 1 saturated heterocycles. The summed E-state index contributed by atoms with van der Waals surface area (Å²) < 4.78 is 39.9. The zero-order valence-electron chi connectivity index (χ0n) is 10.3. The number of hydrogen-bond acceptors (Lipinski definition) is 4. The Hall–Kier alpha value is -1.83. The maximum absolute atomic E-state index is 12.1. The maximum Gasteiger partial charge on any atom is 0.574 e. The summed E-state index contributed by atoms with van der Waals surface area (Å²) in [6.07, 6.45) is -2.95. The Bertz CT molecular complexity index is 525. The van der Waals surface area contributed by atoms with Crippen LogP contribution in [0.15, 0.2) is 18.2 Å². The molecule has 1 aromatic heterocycles. The number of pyridine rings is 1. The molecule has 1 aliphatic carbocycles. The second-order valence-electron chi connectivity index (χ2n) is 4.96. The van der Waals surface area contributed by atoms with E-state index in [1.807, 2.05) is 0 Å². The molecule has 20 heavy (non-hydrogen) atoms. The normalized spacial score (nSPS) is 27.9. The molecule has 108 valence electrons. The van der Waals surface area contributed by atoms with Crippen LogP contribution < -0.4 is 15.4 Å². The number of carbonyl (C=O) groups excluding carboxylic acids is 1. The van der Waals surface area contributed by atoms with Gasteiger partial charge in [0.15, 0.2) is 0 Å². The van der Waals surface area contributed by atoms with Crippen molar-refractivity contribution < 1.29 is 22.7 Å². The van der Waals surface area contributed by atoms with Crippen molar-refractivity contribution in [3.63, 3.8) is 0 Å². The highest BCUT2D eigenvalue weighted by atomic mass is 19.4. The molecule has 0 aromatic carbocycles. The Labute approximate surface area is 112 Å². The number of nitrogens with zero attached hydrogens (tertiary/aromatic N) is 1. The van der Waals surface area contributed by atoms with Gasteiger partial charge in [-0.05, 0) is 24.8 Å². The summed E-state index contributed by atoms with van der Waals surface area (Å²) in [6, 6.07) is 3.94. The van der Waals surface area contributed by atoms with Crippen molar-refractivity contribution in [3.05, 3.63) is 18.2 Å². The standard InChI is InChI=1S/C12H12F3N3O2/c13-12(14,15)20-10-3-1-2-9(17-10)18-11(19)8-5-6-4-7(6)16-8/h1-3,6-8,16H,4-5H2,(H,17,18,19)/t6-,7-,8+/m1/s1. The largest absolute Gasteiger partial charge is 0.574 e. The highest BCUT2D eigenvalue weighted by molar-refractivity contribution is 5.94. The molecular formula is C12H12F3N3O2. The molecule has 3 atom stereocenters. The van der Waals surface area contributed by atoms with Gasteiger partial charge in [0, 0.05) is 12.1 Å². The third-order valence-electron chi connectivity index (χ3n) is 3.39. The molecule has 0 spiro atoms. The Morgan fingerprint density at radius 3 is 2.85 bits per heavy atom. The van der Waals surface area contributed by atoms with Crippen molar-refractivity contribution in [3.8, 4) is 5.88 Å². The van der Waals surface area contributed by atoms with Crippen LogP contribution in [0.1, 0.15) is 12.8 Å². The number of carbonyl (C=O) groups is 1. The maximum atomic E-state index is 12.1. The number of piperidine rings is 1. The van der Waals surface area contributed by atoms with Crippen molar-refractivity contribution in [2.75, 3.05) is 5.32 Å². The van der Waals surface area contributed by atoms with Crippen LogP contribution >= 0.6 is 0 Å². The third kappa shape index (κ3) is 3.01. The molecule has 3 rings (SSSR count). The SMILES string of the molecule is O=C(Nc1cccc(OC(F)(F)F)n1)[C@@H]1C[C@H]2C[C@H]2N1. The second-order valence-corrected chi connectivity index (χ2v) is 4.96. The van der Waals surface area contributed by atoms with Crippen LogP contribution in [0.2, 0.25) is 0 Å². The van der Waals surface area contributed by atoms with Gasteiger partial charge in [0.2, 0.25) is 11.8 Å². The molecule has 0 radical (unpaired) electrons. The molecule has 1 amide bonds. The van der Waals surface area contributed by atoms with E-state index < -0.39 is 12.2 Å². The first-order valence-corrected chi connectivity index (χ1v) is 6.20. The van der Waals surface area contributed by atoms with Gasteiger partial charge in [-0.1, -0.05) is 6.07 Å². The summed E-state index contributed by atoms with van der Waals surface area (Å²) in [6.45, 7) is 0. The predicted molar refractivity (Wildman–Crippen MR) is 63.0 cm³/mol. The van der Waals surface area contributed by atoms with E-state index in [-0.39, 0.29) is 17.8 Å². The van der Waals surface area contributed by atoms with E-state index in [1.54, 1.807) is 0 Å². The average molecular weight is 287 g/mol. The summed E-state index contributed by atoms with van der Waals surface area (Å²) in [4.78, 5) is 15.5. The van der Waals surface area contributed by atoms with Gasteiger partial charge in [0.25, 0.3) is 0 Å². The zero-order valence-corrected chi connectivity index (χ0v) is 10.3. The molecule has 0 bridgehead atoms. The zero-order chi connectivity index (χ0) is 14.3. The van der Waals surface area contributed by atoms with Crippen molar-refractivity contribution in [2.45, 2.75) is 31.3 Å². The second kappa shape index (κ2) is 4.62. The Balaban J connectivity index is 1.62. The van der Waals surface area contributed by atoms with Crippen LogP contribution in [0.5, 0.6) is 5.88 Å². The Morgan fingerprint density at radius 2 is 2.20 bits per heavy atom. The van der Waals surface area contributed by atoms with E-state index in [1.165, 1.54) is 12.1 Å². The van der Waals surface area contributed by atoms with Crippen LogP contribution in [0.3, 0.4) is 0 Å². The monoisotopic (exact) mass is 287 g/mol. The number of aromatic nitrogens is 1. The van der Waals surface area contributed by atoms with Gasteiger partial charge < -0.3 is 15.4 Å². The highest BCUT2D eigenvalue weighted by Gasteiger charge is 2.47. The molecule has 8 heteroatoms. The number of ether oxygens (including phenoxy) is 1. The van der Waals surface area contributed by atoms with Gasteiger partial charge in [-0.2, -0.15) is 4.98 Å². The van der Waals surface area contributed by atoms with E-state index in [2.05, 4.69) is 20.4 Å². The quantitative estimate of drug-likeness (QED) is 0.887. The lowest BCUT2D eigenvalue weighted by Gasteiger charge is -2.13. The van der Waals surface area contributed by atoms with E-state index in [0.717, 1.165) is 18.9 Å². The molecule has 0 unspecified atom stereocenters. The van der Waals surface area contributed by atoms with Crippen molar-refractivity contribution in [2.24, 2.45) is 5.92 Å². The number of rotatable bonds is 3. The number of hydrogen-bond donors (Lipinski definition) is 2. The molecular weight excluding hydrogens is 275 g/mol. The Kier molecular flexibility index (Phi) is 3.04. The number of halogens is 3. The minimum atomic E-state index is -4.80. The van der Waals surface area contributed by atoms with E-state index in [4.69, 9.17) is 0 Å². The fraction of sp³-hybridized carbons (Fsp3) is 0.500. The first-order valence-electron chi connectivity index (χ1n) is 6.20. The van der Waals surface area contributed by atoms with Crippen LogP contribution in [0, 0.1) is 5.92 Å². The summed E-state index contributed by atoms with van der Waals surface area (Å²) in [7, 11) is 0. The summed E-state index contributed by atoms with van der Waals surface area (Å²) in [5, 5.41) is 5.64. The van der Waals surface area contributed by atoms with Crippen LogP contribution in [0.25, 0.3) is 0 Å². The Morgan fingerprint density at radius 1 is 1.40 bits per heavy atom. The van der Waals surface area contributed by atoms with Crippen molar-refractivity contribution in [1.29, 1.82) is 0 Å². The summed E-state index contributed by atoms with van der Waals surface area (Å²) >= 11 is 0.